The molecule has 0 bridgehead atoms. The van der Waals surface area contributed by atoms with Crippen molar-refractivity contribution in [3.63, 3.8) is 0 Å². The van der Waals surface area contributed by atoms with Crippen LogP contribution in [0.4, 0.5) is 0 Å². The molecule has 0 saturated carbocycles. The van der Waals surface area contributed by atoms with Gasteiger partial charge in [0.1, 0.15) is 0 Å². The zero-order valence-corrected chi connectivity index (χ0v) is 12.7. The lowest BCUT2D eigenvalue weighted by molar-refractivity contribution is -0.0134. The van der Waals surface area contributed by atoms with E-state index in [2.05, 4.69) is 32.6 Å². The van der Waals surface area contributed by atoms with Crippen LogP contribution in [-0.2, 0) is 0 Å². The van der Waals surface area contributed by atoms with Crippen molar-refractivity contribution in [2.75, 3.05) is 26.3 Å². The molecule has 1 aliphatic rings. The van der Waals surface area contributed by atoms with E-state index in [4.69, 9.17) is 22.0 Å². The fourth-order valence-electron chi connectivity index (χ4n) is 3.20. The first-order valence-electron chi connectivity index (χ1n) is 6.66. The third kappa shape index (κ3) is 3.58. The van der Waals surface area contributed by atoms with Gasteiger partial charge in [0.15, 0.2) is 0 Å². The van der Waals surface area contributed by atoms with E-state index >= 15 is 0 Å². The van der Waals surface area contributed by atoms with Gasteiger partial charge in [-0.25, -0.2) is 4.42 Å². The monoisotopic (exact) mass is 278 g/mol. The Morgan fingerprint density at radius 1 is 1.06 bits per heavy atom. The molecule has 1 heterocycles. The highest BCUT2D eigenvalue weighted by molar-refractivity contribution is 6.14. The molecule has 4 nitrogen and oxygen atoms in total. The zero-order chi connectivity index (χ0) is 14.0. The number of nitrogens with zero attached hydrogens (tertiary/aromatic N) is 2. The number of halogens is 1. The van der Waals surface area contributed by atoms with E-state index in [0.717, 1.165) is 12.8 Å². The maximum absolute atomic E-state index is 9.15. The Kier molecular flexibility index (Phi) is 5.44. The number of hydrogen-bond donors (Lipinski definition) is 2. The minimum absolute atomic E-state index is 0.0862. The van der Waals surface area contributed by atoms with Crippen LogP contribution >= 0.6 is 11.8 Å². The first-order chi connectivity index (χ1) is 8.24. The van der Waals surface area contributed by atoms with Crippen LogP contribution in [0.25, 0.3) is 0 Å². The minimum atomic E-state index is -0.0862. The largest absolute Gasteiger partial charge is 0.395 e. The molecule has 0 aromatic heterocycles. The van der Waals surface area contributed by atoms with Gasteiger partial charge in [-0.05, 0) is 52.3 Å². The van der Waals surface area contributed by atoms with Crippen LogP contribution in [0.15, 0.2) is 0 Å². The lowest BCUT2D eigenvalue weighted by atomic mass is 9.79. The number of aliphatic hydroxyl groups excluding tert-OH is 2. The highest BCUT2D eigenvalue weighted by Crippen LogP contribution is 2.41. The van der Waals surface area contributed by atoms with Crippen molar-refractivity contribution in [1.29, 1.82) is 0 Å². The molecule has 0 aromatic carbocycles. The molecule has 0 aliphatic carbocycles. The summed E-state index contributed by atoms with van der Waals surface area (Å²) in [7, 11) is 0. The van der Waals surface area contributed by atoms with E-state index in [9.17, 15) is 0 Å². The van der Waals surface area contributed by atoms with Crippen LogP contribution in [0.2, 0.25) is 0 Å². The lowest BCUT2D eigenvalue weighted by Gasteiger charge is -2.53. The Morgan fingerprint density at radius 2 is 1.44 bits per heavy atom. The molecule has 0 unspecified atom stereocenters. The summed E-state index contributed by atoms with van der Waals surface area (Å²) in [6, 6.07) is 0.351. The molecular weight excluding hydrogens is 252 g/mol. The van der Waals surface area contributed by atoms with Crippen molar-refractivity contribution in [2.45, 2.75) is 57.7 Å². The molecule has 1 rings (SSSR count). The first-order valence-corrected chi connectivity index (χ1v) is 7.00. The van der Waals surface area contributed by atoms with Crippen LogP contribution in [0.1, 0.15) is 40.5 Å². The summed E-state index contributed by atoms with van der Waals surface area (Å²) in [5.41, 5.74) is -0.172. The van der Waals surface area contributed by atoms with Gasteiger partial charge in [-0.2, -0.15) is 0 Å². The van der Waals surface area contributed by atoms with Crippen molar-refractivity contribution in [2.24, 2.45) is 0 Å². The van der Waals surface area contributed by atoms with Gasteiger partial charge in [0, 0.05) is 30.2 Å². The second-order valence-electron chi connectivity index (χ2n) is 6.45. The minimum Gasteiger partial charge on any atom is -0.395 e. The average Bonchev–Trinajstić information content (AvgIpc) is 2.24. The van der Waals surface area contributed by atoms with Gasteiger partial charge in [-0.3, -0.25) is 4.90 Å². The molecule has 1 fully saturated rings. The second kappa shape index (κ2) is 6.06. The van der Waals surface area contributed by atoms with Crippen molar-refractivity contribution in [3.05, 3.63) is 0 Å². The average molecular weight is 279 g/mol. The molecule has 1 aliphatic heterocycles. The van der Waals surface area contributed by atoms with E-state index in [0.29, 0.717) is 19.1 Å². The van der Waals surface area contributed by atoms with Crippen LogP contribution in [0, 0.1) is 0 Å². The number of rotatable bonds is 5. The normalized spacial score (nSPS) is 24.7. The molecule has 0 aromatic rings. The van der Waals surface area contributed by atoms with Gasteiger partial charge in [0.05, 0.1) is 13.2 Å². The Bertz CT molecular complexity index is 248. The summed E-state index contributed by atoms with van der Waals surface area (Å²) < 4.78 is 1.92. The summed E-state index contributed by atoms with van der Waals surface area (Å²) in [5, 5.41) is 18.3. The van der Waals surface area contributed by atoms with Gasteiger partial charge < -0.3 is 10.2 Å². The zero-order valence-electron chi connectivity index (χ0n) is 12.0. The van der Waals surface area contributed by atoms with Crippen molar-refractivity contribution in [3.8, 4) is 0 Å². The van der Waals surface area contributed by atoms with E-state index in [1.54, 1.807) is 0 Å². The van der Waals surface area contributed by atoms with Gasteiger partial charge in [0.25, 0.3) is 0 Å². The molecule has 5 heteroatoms. The Labute approximate surface area is 116 Å². The molecule has 0 radical (unpaired) electrons. The molecule has 0 atom stereocenters. The molecular formula is C13H27ClN2O2. The molecule has 1 saturated heterocycles. The topological polar surface area (TPSA) is 46.9 Å². The number of aliphatic hydroxyl groups is 2. The quantitative estimate of drug-likeness (QED) is 0.748. The SMILES string of the molecule is CC1(C)CC(N(CCO)CCO)CC(C)(C)N1Cl. The van der Waals surface area contributed by atoms with Crippen molar-refractivity contribution >= 4 is 11.8 Å². The van der Waals surface area contributed by atoms with Crippen LogP contribution in [0.3, 0.4) is 0 Å². The highest BCUT2D eigenvalue weighted by Gasteiger charge is 2.46. The van der Waals surface area contributed by atoms with E-state index in [1.165, 1.54) is 0 Å². The summed E-state index contributed by atoms with van der Waals surface area (Å²) in [5.74, 6) is 0. The third-order valence-electron chi connectivity index (χ3n) is 3.82. The second-order valence-corrected chi connectivity index (χ2v) is 6.79. The Morgan fingerprint density at radius 3 is 1.78 bits per heavy atom. The summed E-state index contributed by atoms with van der Waals surface area (Å²) in [4.78, 5) is 2.17. The summed E-state index contributed by atoms with van der Waals surface area (Å²) in [6.45, 7) is 10.0. The maximum atomic E-state index is 9.15. The first kappa shape index (κ1) is 16.2. The summed E-state index contributed by atoms with van der Waals surface area (Å²) in [6.07, 6.45) is 1.89. The molecule has 2 N–H and O–H groups in total. The van der Waals surface area contributed by atoms with E-state index in [1.807, 2.05) is 4.42 Å². The predicted molar refractivity (Wildman–Crippen MR) is 74.6 cm³/mol. The van der Waals surface area contributed by atoms with Gasteiger partial charge in [0.2, 0.25) is 0 Å². The number of hydrogen-bond acceptors (Lipinski definition) is 4. The van der Waals surface area contributed by atoms with E-state index in [-0.39, 0.29) is 24.3 Å². The number of piperidine rings is 1. The van der Waals surface area contributed by atoms with Gasteiger partial charge in [-0.15, -0.1) is 0 Å². The summed E-state index contributed by atoms with van der Waals surface area (Å²) >= 11 is 6.44. The molecule has 0 spiro atoms. The third-order valence-corrected chi connectivity index (χ3v) is 4.74. The smallest absolute Gasteiger partial charge is 0.0558 e. The van der Waals surface area contributed by atoms with E-state index < -0.39 is 0 Å². The standard InChI is InChI=1S/C13H27ClN2O2/c1-12(2)9-11(10-13(3,4)16(12)14)15(5-7-17)6-8-18/h11,17-18H,5-10H2,1-4H3. The van der Waals surface area contributed by atoms with Crippen LogP contribution in [-0.4, -0.2) is 63.0 Å². The maximum Gasteiger partial charge on any atom is 0.0558 e. The molecule has 0 amide bonds. The van der Waals surface area contributed by atoms with Crippen molar-refractivity contribution < 1.29 is 10.2 Å². The van der Waals surface area contributed by atoms with Gasteiger partial charge >= 0.3 is 0 Å². The highest BCUT2D eigenvalue weighted by atomic mass is 35.5. The molecule has 108 valence electrons. The van der Waals surface area contributed by atoms with Crippen LogP contribution in [0.5, 0.6) is 0 Å². The Hall–Kier alpha value is 0.130. The lowest BCUT2D eigenvalue weighted by Crippen LogP contribution is -2.61. The molecule has 18 heavy (non-hydrogen) atoms. The van der Waals surface area contributed by atoms with Gasteiger partial charge in [-0.1, -0.05) is 0 Å². The Balaban J connectivity index is 2.83. The fourth-order valence-corrected chi connectivity index (χ4v) is 3.34. The predicted octanol–water partition coefficient (Wildman–Crippen LogP) is 1.45. The fraction of sp³-hybridized carbons (Fsp3) is 1.00. The van der Waals surface area contributed by atoms with Crippen LogP contribution < -0.4 is 0 Å². The van der Waals surface area contributed by atoms with Crippen molar-refractivity contribution in [1.82, 2.24) is 9.32 Å².